The lowest BCUT2D eigenvalue weighted by Gasteiger charge is -2.63. The van der Waals surface area contributed by atoms with Crippen molar-refractivity contribution in [3.05, 3.63) is 75.9 Å². The summed E-state index contributed by atoms with van der Waals surface area (Å²) in [5.41, 5.74) is 1.54. The van der Waals surface area contributed by atoms with Crippen molar-refractivity contribution in [1.29, 1.82) is 0 Å². The molecule has 5 rings (SSSR count). The first-order valence-electron chi connectivity index (χ1n) is 14.4. The molecule has 3 aromatic rings. The fourth-order valence-corrected chi connectivity index (χ4v) is 7.28. The lowest BCUT2D eigenvalue weighted by Crippen LogP contribution is -2.74. The molecule has 1 aliphatic heterocycles. The summed E-state index contributed by atoms with van der Waals surface area (Å²) in [6.45, 7) is 17.7. The van der Waals surface area contributed by atoms with Crippen molar-refractivity contribution in [1.82, 2.24) is 10.3 Å². The highest BCUT2D eigenvalue weighted by Gasteiger charge is 2.64. The summed E-state index contributed by atoms with van der Waals surface area (Å²) in [7, 11) is 3.37. The molecule has 222 valence electrons. The fourth-order valence-electron chi connectivity index (χ4n) is 7.28. The van der Waals surface area contributed by atoms with Crippen molar-refractivity contribution in [3.8, 4) is 5.75 Å². The third-order valence-corrected chi connectivity index (χ3v) is 9.20. The summed E-state index contributed by atoms with van der Waals surface area (Å²) < 4.78 is 17.5. The molecule has 2 aromatic carbocycles. The third kappa shape index (κ3) is 5.25. The van der Waals surface area contributed by atoms with Gasteiger partial charge in [0.05, 0.1) is 12.1 Å². The zero-order valence-corrected chi connectivity index (χ0v) is 25.2. The first-order chi connectivity index (χ1) is 20.0. The minimum absolute atomic E-state index is 0.114. The van der Waals surface area contributed by atoms with Crippen LogP contribution in [0, 0.1) is 23.3 Å². The van der Waals surface area contributed by atoms with Gasteiger partial charge in [0, 0.05) is 72.8 Å². The van der Waals surface area contributed by atoms with Crippen molar-refractivity contribution >= 4 is 28.2 Å². The van der Waals surface area contributed by atoms with Crippen LogP contribution in [0.4, 0.5) is 11.4 Å². The van der Waals surface area contributed by atoms with E-state index >= 15 is 0 Å². The quantitative estimate of drug-likeness (QED) is 0.272. The van der Waals surface area contributed by atoms with Crippen LogP contribution in [0.25, 0.3) is 15.7 Å². The molecule has 0 unspecified atom stereocenters. The number of aromatic amines is 1. The lowest BCUT2D eigenvalue weighted by atomic mass is 9.49. The monoisotopic (exact) mass is 572 g/mol. The van der Waals surface area contributed by atoms with Gasteiger partial charge in [0.2, 0.25) is 11.2 Å². The Kier molecular flexibility index (Phi) is 8.06. The number of rotatable bonds is 8. The van der Waals surface area contributed by atoms with Crippen molar-refractivity contribution in [3.63, 3.8) is 0 Å². The molecule has 1 saturated carbocycles. The van der Waals surface area contributed by atoms with E-state index in [0.29, 0.717) is 33.8 Å². The Morgan fingerprint density at radius 1 is 1.00 bits per heavy atom. The number of amides is 1. The van der Waals surface area contributed by atoms with E-state index in [2.05, 4.69) is 47.7 Å². The fraction of sp³-hybridized carbons (Fsp3) is 0.485. The zero-order chi connectivity index (χ0) is 30.2. The van der Waals surface area contributed by atoms with Crippen LogP contribution in [-0.4, -0.2) is 56.6 Å². The Bertz CT molecular complexity index is 1530. The summed E-state index contributed by atoms with van der Waals surface area (Å²) >= 11 is 0. The summed E-state index contributed by atoms with van der Waals surface area (Å²) in [5, 5.41) is 3.96. The largest absolute Gasteiger partial charge is 0.489 e. The van der Waals surface area contributed by atoms with Gasteiger partial charge in [-0.2, -0.15) is 0 Å². The summed E-state index contributed by atoms with van der Waals surface area (Å²) in [4.78, 5) is 34.0. The third-order valence-electron chi connectivity index (χ3n) is 9.20. The number of aromatic nitrogens is 1. The van der Waals surface area contributed by atoms with Crippen molar-refractivity contribution < 1.29 is 19.0 Å². The number of pyridine rings is 1. The van der Waals surface area contributed by atoms with Gasteiger partial charge >= 0.3 is 0 Å². The maximum absolute atomic E-state index is 13.4. The van der Waals surface area contributed by atoms with Crippen LogP contribution in [0.3, 0.4) is 0 Å². The van der Waals surface area contributed by atoms with Crippen molar-refractivity contribution in [2.24, 2.45) is 16.7 Å². The second-order valence-corrected chi connectivity index (χ2v) is 12.6. The van der Waals surface area contributed by atoms with Crippen LogP contribution in [0.15, 0.2) is 53.3 Å². The first-order valence-corrected chi connectivity index (χ1v) is 14.4. The van der Waals surface area contributed by atoms with Gasteiger partial charge in [-0.25, -0.2) is 4.85 Å². The second kappa shape index (κ2) is 11.4. The summed E-state index contributed by atoms with van der Waals surface area (Å²) in [6.07, 6.45) is 1.59. The van der Waals surface area contributed by atoms with Crippen LogP contribution in [0.5, 0.6) is 5.75 Å². The number of anilines is 1. The van der Waals surface area contributed by atoms with Gasteiger partial charge < -0.3 is 29.4 Å². The molecule has 0 bridgehead atoms. The minimum atomic E-state index is -0.376. The number of hydrogen-bond donors (Lipinski definition) is 2. The number of hydrogen-bond acceptors (Lipinski definition) is 6. The normalized spacial score (nSPS) is 21.5. The Hall–Kier alpha value is -3.87. The van der Waals surface area contributed by atoms with Gasteiger partial charge in [0.15, 0.2) is 6.29 Å². The van der Waals surface area contributed by atoms with E-state index in [0.717, 1.165) is 31.6 Å². The average molecular weight is 573 g/mol. The predicted molar refractivity (Wildman–Crippen MR) is 163 cm³/mol. The van der Waals surface area contributed by atoms with E-state index < -0.39 is 0 Å². The van der Waals surface area contributed by atoms with E-state index in [1.54, 1.807) is 32.4 Å². The van der Waals surface area contributed by atoms with Gasteiger partial charge in [0.1, 0.15) is 11.9 Å². The number of nitrogens with zero attached hydrogens (tertiary/aromatic N) is 2. The number of ether oxygens (including phenoxy) is 3. The molecule has 9 heteroatoms. The van der Waals surface area contributed by atoms with Gasteiger partial charge in [0.25, 0.3) is 5.91 Å². The average Bonchev–Trinajstić information content (AvgIpc) is 2.99. The van der Waals surface area contributed by atoms with Crippen LogP contribution in [0.1, 0.15) is 50.9 Å². The minimum Gasteiger partial charge on any atom is -0.489 e. The van der Waals surface area contributed by atoms with Gasteiger partial charge in [-0.05, 0) is 49.2 Å². The lowest BCUT2D eigenvalue weighted by molar-refractivity contribution is -0.163. The summed E-state index contributed by atoms with van der Waals surface area (Å²) in [6, 6.07) is 14.3. The number of methoxy groups -OCH3 is 2. The van der Waals surface area contributed by atoms with Crippen LogP contribution in [-0.2, 0) is 9.47 Å². The number of benzene rings is 2. The molecule has 9 nitrogen and oxygen atoms in total. The SMILES string of the molecule is [C-]#[N+]c1ccc(OC2C(C)(C)C(NC(=O)c3ccc(N4CCC(C(OC)OC)CC4)cc3)C2(C)C)c2ccc(=O)[nH]c12. The predicted octanol–water partition coefficient (Wildman–Crippen LogP) is 5.53. The maximum Gasteiger partial charge on any atom is 0.251 e. The smallest absolute Gasteiger partial charge is 0.251 e. The van der Waals surface area contributed by atoms with E-state index in [1.807, 2.05) is 24.3 Å². The Labute approximate surface area is 247 Å². The highest BCUT2D eigenvalue weighted by Crippen LogP contribution is 2.56. The molecule has 42 heavy (non-hydrogen) atoms. The van der Waals surface area contributed by atoms with Gasteiger partial charge in [-0.15, -0.1) is 0 Å². The number of piperidine rings is 1. The van der Waals surface area contributed by atoms with E-state index in [-0.39, 0.29) is 40.7 Å². The highest BCUT2D eigenvalue weighted by molar-refractivity contribution is 5.96. The molecule has 1 amide bonds. The van der Waals surface area contributed by atoms with Crippen molar-refractivity contribution in [2.75, 3.05) is 32.2 Å². The van der Waals surface area contributed by atoms with Crippen LogP contribution < -0.4 is 20.5 Å². The number of H-pyrrole nitrogens is 1. The number of nitrogens with one attached hydrogen (secondary N) is 2. The topological polar surface area (TPSA) is 97.2 Å². The Morgan fingerprint density at radius 2 is 1.64 bits per heavy atom. The van der Waals surface area contributed by atoms with E-state index in [4.69, 9.17) is 20.8 Å². The van der Waals surface area contributed by atoms with Gasteiger partial charge in [-0.3, -0.25) is 9.59 Å². The number of fused-ring (bicyclic) bond motifs is 1. The Morgan fingerprint density at radius 3 is 2.24 bits per heavy atom. The van der Waals surface area contributed by atoms with Crippen LogP contribution in [0.2, 0.25) is 0 Å². The number of carbonyl (C=O) groups is 1. The molecular weight excluding hydrogens is 532 g/mol. The molecule has 0 atom stereocenters. The molecule has 2 heterocycles. The molecule has 2 aliphatic rings. The summed E-state index contributed by atoms with van der Waals surface area (Å²) in [5.74, 6) is 0.866. The molecule has 1 aromatic heterocycles. The van der Waals surface area contributed by atoms with Crippen molar-refractivity contribution in [2.45, 2.75) is 59.0 Å². The molecule has 0 radical (unpaired) electrons. The van der Waals surface area contributed by atoms with E-state index in [1.165, 1.54) is 6.07 Å². The molecule has 2 N–H and O–H groups in total. The van der Waals surface area contributed by atoms with Crippen LogP contribution >= 0.6 is 0 Å². The standard InChI is InChI=1S/C33H40N4O5/c1-32(2)30(33(3,4)31(32)42-25-14-13-24(34-5)27-23(25)12-15-26(38)35-27)36-28(39)20-8-10-22(11-9-20)37-18-16-21(17-19-37)29(40-6)41-7/h8-15,21,29-31H,16-19H2,1-4,6-7H3,(H,35,38)(H,36,39). The number of carbonyl (C=O) groups excluding carboxylic acids is 1. The second-order valence-electron chi connectivity index (χ2n) is 12.6. The van der Waals surface area contributed by atoms with Gasteiger partial charge in [-0.1, -0.05) is 33.8 Å². The highest BCUT2D eigenvalue weighted by atomic mass is 16.7. The molecule has 1 saturated heterocycles. The van der Waals surface area contributed by atoms with E-state index in [9.17, 15) is 9.59 Å². The zero-order valence-electron chi connectivity index (χ0n) is 25.2. The molecule has 2 fully saturated rings. The molecule has 1 aliphatic carbocycles. The molecule has 0 spiro atoms. The first kappa shape index (κ1) is 29.6. The Balaban J connectivity index is 1.25. The molecular formula is C33H40N4O5. The maximum atomic E-state index is 13.4.